The van der Waals surface area contributed by atoms with E-state index in [9.17, 15) is 0 Å². The zero-order valence-corrected chi connectivity index (χ0v) is 12.8. The molecular formula is C17H28N2O. The molecule has 2 N–H and O–H groups in total. The molecule has 0 aromatic heterocycles. The zero-order chi connectivity index (χ0) is 14.4. The van der Waals surface area contributed by atoms with Crippen LogP contribution in [0.3, 0.4) is 0 Å². The number of hydrogen-bond donors (Lipinski definition) is 1. The molecule has 0 spiro atoms. The van der Waals surface area contributed by atoms with Crippen LogP contribution in [0, 0.1) is 5.92 Å². The number of benzene rings is 1. The van der Waals surface area contributed by atoms with E-state index in [1.807, 2.05) is 0 Å². The Morgan fingerprint density at radius 1 is 1.30 bits per heavy atom. The number of nitrogens with zero attached hydrogens (tertiary/aromatic N) is 1. The molecule has 0 fully saturated rings. The Bertz CT molecular complexity index is 406. The van der Waals surface area contributed by atoms with Crippen molar-refractivity contribution in [2.75, 3.05) is 31.2 Å². The van der Waals surface area contributed by atoms with E-state index in [-0.39, 0.29) is 0 Å². The molecule has 1 aromatic carbocycles. The number of nitrogens with two attached hydrogens (primary N) is 1. The van der Waals surface area contributed by atoms with Gasteiger partial charge in [0.05, 0.1) is 6.61 Å². The largest absolute Gasteiger partial charge is 0.380 e. The molecule has 3 nitrogen and oxygen atoms in total. The maximum atomic E-state index is 5.94. The van der Waals surface area contributed by atoms with Crippen molar-refractivity contribution in [3.05, 3.63) is 29.8 Å². The number of hydrogen-bond acceptors (Lipinski definition) is 3. The summed E-state index contributed by atoms with van der Waals surface area (Å²) in [4.78, 5) is 2.44. The Labute approximate surface area is 123 Å². The SMILES string of the molecule is CC(C)CCOCCN1c2ccccc2CCC1CN. The molecule has 3 heteroatoms. The maximum absolute atomic E-state index is 5.94. The van der Waals surface area contributed by atoms with Crippen molar-refractivity contribution < 1.29 is 4.74 Å². The van der Waals surface area contributed by atoms with Gasteiger partial charge in [-0.2, -0.15) is 0 Å². The summed E-state index contributed by atoms with van der Waals surface area (Å²) in [6.07, 6.45) is 3.43. The lowest BCUT2D eigenvalue weighted by Gasteiger charge is -2.38. The van der Waals surface area contributed by atoms with Crippen molar-refractivity contribution >= 4 is 5.69 Å². The van der Waals surface area contributed by atoms with Crippen molar-refractivity contribution in [3.8, 4) is 0 Å². The van der Waals surface area contributed by atoms with Crippen molar-refractivity contribution in [2.45, 2.75) is 39.2 Å². The van der Waals surface area contributed by atoms with Gasteiger partial charge in [0.2, 0.25) is 0 Å². The number of aryl methyl sites for hydroxylation is 1. The first-order valence-corrected chi connectivity index (χ1v) is 7.84. The third-order valence-electron chi connectivity index (χ3n) is 4.08. The standard InChI is InChI=1S/C17H28N2O/c1-14(2)9-11-20-12-10-19-16(13-18)8-7-15-5-3-4-6-17(15)19/h3-6,14,16H,7-13,18H2,1-2H3. The van der Waals surface area contributed by atoms with E-state index in [2.05, 4.69) is 43.0 Å². The molecule has 0 saturated carbocycles. The van der Waals surface area contributed by atoms with Crippen LogP contribution in [0.15, 0.2) is 24.3 Å². The summed E-state index contributed by atoms with van der Waals surface area (Å²) in [6.45, 7) is 7.78. The molecule has 1 aliphatic heterocycles. The highest BCUT2D eigenvalue weighted by molar-refractivity contribution is 5.56. The van der Waals surface area contributed by atoms with Gasteiger partial charge < -0.3 is 15.4 Å². The number of ether oxygens (including phenoxy) is 1. The molecule has 1 aromatic rings. The monoisotopic (exact) mass is 276 g/mol. The molecule has 0 saturated heterocycles. The topological polar surface area (TPSA) is 38.5 Å². The van der Waals surface area contributed by atoms with Crippen molar-refractivity contribution in [1.29, 1.82) is 0 Å². The molecule has 1 unspecified atom stereocenters. The highest BCUT2D eigenvalue weighted by atomic mass is 16.5. The summed E-state index contributed by atoms with van der Waals surface area (Å²) in [5.74, 6) is 0.711. The summed E-state index contributed by atoms with van der Waals surface area (Å²) in [5, 5.41) is 0. The van der Waals surface area contributed by atoms with Crippen LogP contribution >= 0.6 is 0 Å². The van der Waals surface area contributed by atoms with E-state index in [0.717, 1.165) is 45.6 Å². The second-order valence-corrected chi connectivity index (χ2v) is 6.05. The molecule has 1 aliphatic rings. The molecule has 0 bridgehead atoms. The minimum Gasteiger partial charge on any atom is -0.380 e. The maximum Gasteiger partial charge on any atom is 0.0641 e. The number of rotatable bonds is 7. The molecule has 1 heterocycles. The molecule has 112 valence electrons. The highest BCUT2D eigenvalue weighted by Crippen LogP contribution is 2.29. The van der Waals surface area contributed by atoms with Crippen molar-refractivity contribution in [2.24, 2.45) is 11.7 Å². The highest BCUT2D eigenvalue weighted by Gasteiger charge is 2.24. The molecule has 1 atom stereocenters. The van der Waals surface area contributed by atoms with Gasteiger partial charge in [0, 0.05) is 31.4 Å². The Morgan fingerprint density at radius 3 is 2.85 bits per heavy atom. The summed E-state index contributed by atoms with van der Waals surface area (Å²) >= 11 is 0. The van der Waals surface area contributed by atoms with E-state index in [4.69, 9.17) is 10.5 Å². The fraction of sp³-hybridized carbons (Fsp3) is 0.647. The predicted octanol–water partition coefficient (Wildman–Crippen LogP) is 2.83. The zero-order valence-electron chi connectivity index (χ0n) is 12.8. The van der Waals surface area contributed by atoms with E-state index in [0.29, 0.717) is 12.0 Å². The van der Waals surface area contributed by atoms with Crippen LogP contribution in [0.4, 0.5) is 5.69 Å². The average molecular weight is 276 g/mol. The lowest BCUT2D eigenvalue weighted by Crippen LogP contribution is -2.45. The van der Waals surface area contributed by atoms with E-state index >= 15 is 0 Å². The van der Waals surface area contributed by atoms with E-state index in [1.165, 1.54) is 11.3 Å². The summed E-state index contributed by atoms with van der Waals surface area (Å²) in [7, 11) is 0. The van der Waals surface area contributed by atoms with Crippen molar-refractivity contribution in [1.82, 2.24) is 0 Å². The predicted molar refractivity (Wildman–Crippen MR) is 85.2 cm³/mol. The molecule has 2 rings (SSSR count). The summed E-state index contributed by atoms with van der Waals surface area (Å²) in [6, 6.07) is 9.14. The Morgan fingerprint density at radius 2 is 2.10 bits per heavy atom. The second-order valence-electron chi connectivity index (χ2n) is 6.05. The third-order valence-corrected chi connectivity index (χ3v) is 4.08. The Kier molecular flexibility index (Phi) is 5.86. The smallest absolute Gasteiger partial charge is 0.0641 e. The fourth-order valence-electron chi connectivity index (χ4n) is 2.81. The lowest BCUT2D eigenvalue weighted by atomic mass is 9.96. The molecule has 0 amide bonds. The Balaban J connectivity index is 1.90. The van der Waals surface area contributed by atoms with Crippen LogP contribution in [0.2, 0.25) is 0 Å². The Hall–Kier alpha value is -1.06. The molecule has 20 heavy (non-hydrogen) atoms. The first-order chi connectivity index (χ1) is 9.72. The minimum absolute atomic E-state index is 0.457. The molecule has 0 aliphatic carbocycles. The van der Waals surface area contributed by atoms with E-state index < -0.39 is 0 Å². The fourth-order valence-corrected chi connectivity index (χ4v) is 2.81. The van der Waals surface area contributed by atoms with Crippen LogP contribution in [-0.2, 0) is 11.2 Å². The number of fused-ring (bicyclic) bond motifs is 1. The van der Waals surface area contributed by atoms with Crippen LogP contribution in [0.5, 0.6) is 0 Å². The van der Waals surface area contributed by atoms with Gasteiger partial charge in [-0.05, 0) is 36.8 Å². The van der Waals surface area contributed by atoms with Gasteiger partial charge in [0.15, 0.2) is 0 Å². The van der Waals surface area contributed by atoms with Crippen molar-refractivity contribution in [3.63, 3.8) is 0 Å². The second kappa shape index (κ2) is 7.65. The molecular weight excluding hydrogens is 248 g/mol. The van der Waals surface area contributed by atoms with Gasteiger partial charge in [-0.3, -0.25) is 0 Å². The minimum atomic E-state index is 0.457. The van der Waals surface area contributed by atoms with Crippen LogP contribution in [0.1, 0.15) is 32.3 Å². The quantitative estimate of drug-likeness (QED) is 0.778. The number of para-hydroxylation sites is 1. The molecule has 0 radical (unpaired) electrons. The van der Waals surface area contributed by atoms with Crippen LogP contribution < -0.4 is 10.6 Å². The van der Waals surface area contributed by atoms with Crippen LogP contribution in [-0.4, -0.2) is 32.3 Å². The average Bonchev–Trinajstić information content (AvgIpc) is 2.46. The van der Waals surface area contributed by atoms with Gasteiger partial charge in [-0.25, -0.2) is 0 Å². The van der Waals surface area contributed by atoms with Gasteiger partial charge in [-0.1, -0.05) is 32.0 Å². The van der Waals surface area contributed by atoms with Gasteiger partial charge in [-0.15, -0.1) is 0 Å². The first kappa shape index (κ1) is 15.3. The van der Waals surface area contributed by atoms with E-state index in [1.54, 1.807) is 0 Å². The normalized spacial score (nSPS) is 18.4. The van der Waals surface area contributed by atoms with Gasteiger partial charge in [0.1, 0.15) is 0 Å². The summed E-state index contributed by atoms with van der Waals surface area (Å²) < 4.78 is 5.77. The number of anilines is 1. The third kappa shape index (κ3) is 3.97. The summed E-state index contributed by atoms with van der Waals surface area (Å²) in [5.41, 5.74) is 8.73. The lowest BCUT2D eigenvalue weighted by molar-refractivity contribution is 0.127. The van der Waals surface area contributed by atoms with Gasteiger partial charge >= 0.3 is 0 Å². The first-order valence-electron chi connectivity index (χ1n) is 7.84. The van der Waals surface area contributed by atoms with Gasteiger partial charge in [0.25, 0.3) is 0 Å². The van der Waals surface area contributed by atoms with Crippen LogP contribution in [0.25, 0.3) is 0 Å².